The van der Waals surface area contributed by atoms with Crippen LogP contribution in [-0.4, -0.2) is 29.0 Å². The summed E-state index contributed by atoms with van der Waals surface area (Å²) in [5.41, 5.74) is 2.73. The van der Waals surface area contributed by atoms with Gasteiger partial charge in [-0.25, -0.2) is 9.97 Å². The Labute approximate surface area is 182 Å². The second kappa shape index (κ2) is 10.8. The third kappa shape index (κ3) is 5.86. The molecule has 2 heterocycles. The summed E-state index contributed by atoms with van der Waals surface area (Å²) >= 11 is 1.59. The quantitative estimate of drug-likeness (QED) is 0.376. The lowest BCUT2D eigenvalue weighted by Crippen LogP contribution is -2.23. The zero-order valence-electron chi connectivity index (χ0n) is 17.7. The Morgan fingerprint density at radius 2 is 1.93 bits per heavy atom. The molecule has 2 aromatic heterocycles. The predicted molar refractivity (Wildman–Crippen MR) is 121 cm³/mol. The number of anilines is 1. The Balaban J connectivity index is 1.66. The molecule has 0 radical (unpaired) electrons. The second-order valence-electron chi connectivity index (χ2n) is 6.78. The van der Waals surface area contributed by atoms with Crippen LogP contribution in [0.4, 0.5) is 5.82 Å². The van der Waals surface area contributed by atoms with Gasteiger partial charge in [0.1, 0.15) is 11.6 Å². The van der Waals surface area contributed by atoms with Crippen LogP contribution in [0.25, 0.3) is 0 Å². The number of nitrogens with one attached hydrogen (secondary N) is 1. The van der Waals surface area contributed by atoms with Crippen molar-refractivity contribution in [3.05, 3.63) is 71.3 Å². The number of furan rings is 1. The molecule has 30 heavy (non-hydrogen) atoms. The molecule has 0 bridgehead atoms. The van der Waals surface area contributed by atoms with Crippen molar-refractivity contribution < 1.29 is 9.21 Å². The number of hydrogen-bond acceptors (Lipinski definition) is 6. The minimum absolute atomic E-state index is 0.119. The van der Waals surface area contributed by atoms with Gasteiger partial charge in [0.15, 0.2) is 5.16 Å². The fourth-order valence-electron chi connectivity index (χ4n) is 3.05. The Kier molecular flexibility index (Phi) is 7.90. The van der Waals surface area contributed by atoms with E-state index < -0.39 is 0 Å². The summed E-state index contributed by atoms with van der Waals surface area (Å²) in [5, 5.41) is 3.65. The second-order valence-corrected chi connectivity index (χ2v) is 7.72. The largest absolute Gasteiger partial charge is 0.467 e. The summed E-state index contributed by atoms with van der Waals surface area (Å²) in [6, 6.07) is 13.4. The van der Waals surface area contributed by atoms with Gasteiger partial charge in [-0.3, -0.25) is 4.79 Å². The first-order chi connectivity index (χ1) is 14.6. The molecule has 0 spiro atoms. The molecule has 0 aliphatic carbocycles. The van der Waals surface area contributed by atoms with E-state index in [1.807, 2.05) is 30.3 Å². The lowest BCUT2D eigenvalue weighted by atomic mass is 10.1. The highest BCUT2D eigenvalue weighted by Gasteiger charge is 2.11. The van der Waals surface area contributed by atoms with Crippen LogP contribution in [0.2, 0.25) is 0 Å². The number of rotatable bonds is 10. The maximum absolute atomic E-state index is 12.4. The van der Waals surface area contributed by atoms with E-state index >= 15 is 0 Å². The normalized spacial score (nSPS) is 10.8. The van der Waals surface area contributed by atoms with Gasteiger partial charge in [0.25, 0.3) is 5.91 Å². The zero-order chi connectivity index (χ0) is 21.3. The minimum Gasteiger partial charge on any atom is -0.467 e. The maximum atomic E-state index is 12.4. The lowest BCUT2D eigenvalue weighted by Gasteiger charge is -2.20. The molecule has 1 amide bonds. The van der Waals surface area contributed by atoms with Gasteiger partial charge in [0.05, 0.1) is 12.8 Å². The Morgan fingerprint density at radius 3 is 2.63 bits per heavy atom. The fraction of sp³-hybridized carbons (Fsp3) is 0.348. The molecule has 7 heteroatoms. The molecule has 1 N–H and O–H groups in total. The first kappa shape index (κ1) is 21.9. The molecule has 0 saturated heterocycles. The van der Waals surface area contributed by atoms with Crippen LogP contribution in [-0.2, 0) is 18.7 Å². The number of hydrogen-bond donors (Lipinski definition) is 1. The van der Waals surface area contributed by atoms with Gasteiger partial charge < -0.3 is 14.6 Å². The molecular formula is C23H28N4O2S. The summed E-state index contributed by atoms with van der Waals surface area (Å²) in [6.07, 6.45) is 2.47. The average molecular weight is 425 g/mol. The molecule has 6 nitrogen and oxygen atoms in total. The topological polar surface area (TPSA) is 71.3 Å². The first-order valence-electron chi connectivity index (χ1n) is 10.3. The molecule has 158 valence electrons. The van der Waals surface area contributed by atoms with Crippen LogP contribution in [0.5, 0.6) is 0 Å². The van der Waals surface area contributed by atoms with Crippen LogP contribution in [0, 0.1) is 0 Å². The molecule has 0 fully saturated rings. The van der Waals surface area contributed by atoms with Crippen molar-refractivity contribution in [2.24, 2.45) is 0 Å². The van der Waals surface area contributed by atoms with E-state index in [9.17, 15) is 4.79 Å². The van der Waals surface area contributed by atoms with Crippen molar-refractivity contribution in [3.63, 3.8) is 0 Å². The Bertz CT molecular complexity index is 956. The van der Waals surface area contributed by atoms with Crippen molar-refractivity contribution in [1.29, 1.82) is 0 Å². The summed E-state index contributed by atoms with van der Waals surface area (Å²) < 4.78 is 5.26. The number of carbonyl (C=O) groups excluding carboxylic acids is 1. The number of amides is 1. The smallest absolute Gasteiger partial charge is 0.251 e. The van der Waals surface area contributed by atoms with E-state index in [4.69, 9.17) is 9.40 Å². The summed E-state index contributed by atoms with van der Waals surface area (Å²) in [7, 11) is 0. The molecule has 3 aromatic rings. The van der Waals surface area contributed by atoms with Crippen molar-refractivity contribution in [3.8, 4) is 0 Å². The van der Waals surface area contributed by atoms with Gasteiger partial charge in [-0.05, 0) is 50.1 Å². The van der Waals surface area contributed by atoms with Gasteiger partial charge in [0, 0.05) is 36.2 Å². The maximum Gasteiger partial charge on any atom is 0.251 e. The molecule has 0 unspecified atom stereocenters. The Morgan fingerprint density at radius 1 is 1.10 bits per heavy atom. The molecule has 1 aromatic carbocycles. The Hall–Kier alpha value is -2.80. The number of thioether (sulfide) groups is 1. The van der Waals surface area contributed by atoms with Crippen molar-refractivity contribution >= 4 is 23.5 Å². The average Bonchev–Trinajstić information content (AvgIpc) is 3.30. The fourth-order valence-corrected chi connectivity index (χ4v) is 3.86. The molecule has 0 aliphatic heterocycles. The van der Waals surface area contributed by atoms with Crippen LogP contribution in [0.1, 0.15) is 48.1 Å². The highest BCUT2D eigenvalue weighted by molar-refractivity contribution is 7.98. The SMILES string of the molecule is CCc1cc(N(CC)CC)nc(SCc2cccc(C(=O)NCc3ccco3)c2)n1. The summed E-state index contributed by atoms with van der Waals surface area (Å²) in [5.74, 6) is 2.28. The molecule has 0 saturated carbocycles. The van der Waals surface area contributed by atoms with E-state index in [2.05, 4.69) is 42.0 Å². The standard InChI is InChI=1S/C23H28N4O2S/c1-4-19-14-21(27(5-2)6-3)26-23(25-19)30-16-17-9-7-10-18(13-17)22(28)24-15-20-11-8-12-29-20/h7-14H,4-6,15-16H2,1-3H3,(H,24,28). The molecule has 3 rings (SSSR count). The van der Waals surface area contributed by atoms with Gasteiger partial charge in [-0.15, -0.1) is 0 Å². The molecular weight excluding hydrogens is 396 g/mol. The third-order valence-electron chi connectivity index (χ3n) is 4.76. The lowest BCUT2D eigenvalue weighted by molar-refractivity contribution is 0.0948. The van der Waals surface area contributed by atoms with Crippen LogP contribution >= 0.6 is 11.8 Å². The minimum atomic E-state index is -0.119. The molecule has 0 aliphatic rings. The van der Waals surface area contributed by atoms with E-state index in [-0.39, 0.29) is 5.91 Å². The van der Waals surface area contributed by atoms with Crippen LogP contribution < -0.4 is 10.2 Å². The van der Waals surface area contributed by atoms with E-state index in [1.54, 1.807) is 24.1 Å². The van der Waals surface area contributed by atoms with Crippen molar-refractivity contribution in [2.45, 2.75) is 44.6 Å². The highest BCUT2D eigenvalue weighted by atomic mass is 32.2. The van der Waals surface area contributed by atoms with E-state index in [0.717, 1.165) is 47.5 Å². The summed E-state index contributed by atoms with van der Waals surface area (Å²) in [6.45, 7) is 8.56. The molecule has 0 atom stereocenters. The third-order valence-corrected chi connectivity index (χ3v) is 5.67. The van der Waals surface area contributed by atoms with Gasteiger partial charge >= 0.3 is 0 Å². The van der Waals surface area contributed by atoms with Gasteiger partial charge in [-0.2, -0.15) is 0 Å². The van der Waals surface area contributed by atoms with Crippen LogP contribution in [0.3, 0.4) is 0 Å². The van der Waals surface area contributed by atoms with Crippen LogP contribution in [0.15, 0.2) is 58.3 Å². The highest BCUT2D eigenvalue weighted by Crippen LogP contribution is 2.23. The van der Waals surface area contributed by atoms with Crippen molar-refractivity contribution in [1.82, 2.24) is 15.3 Å². The summed E-state index contributed by atoms with van der Waals surface area (Å²) in [4.78, 5) is 24.1. The van der Waals surface area contributed by atoms with Crippen molar-refractivity contribution in [2.75, 3.05) is 18.0 Å². The zero-order valence-corrected chi connectivity index (χ0v) is 18.5. The number of aromatic nitrogens is 2. The predicted octanol–water partition coefficient (Wildman–Crippen LogP) is 4.70. The number of carbonyl (C=O) groups is 1. The van der Waals surface area contributed by atoms with Gasteiger partial charge in [0.2, 0.25) is 0 Å². The number of nitrogens with zero attached hydrogens (tertiary/aromatic N) is 3. The first-order valence-corrected chi connectivity index (χ1v) is 11.3. The van der Waals surface area contributed by atoms with Gasteiger partial charge in [-0.1, -0.05) is 30.8 Å². The monoisotopic (exact) mass is 424 g/mol. The number of benzene rings is 1. The van der Waals surface area contributed by atoms with E-state index in [0.29, 0.717) is 17.9 Å². The number of aryl methyl sites for hydroxylation is 1. The van der Waals surface area contributed by atoms with E-state index in [1.165, 1.54) is 0 Å².